The van der Waals surface area contributed by atoms with Crippen molar-refractivity contribution >= 4 is 6.03 Å². The van der Waals surface area contributed by atoms with Crippen LogP contribution in [0.2, 0.25) is 0 Å². The molecule has 5 heteroatoms. The molecule has 21 heavy (non-hydrogen) atoms. The first-order chi connectivity index (χ1) is 9.97. The third-order valence-corrected chi connectivity index (χ3v) is 4.59. The summed E-state index contributed by atoms with van der Waals surface area (Å²) in [6, 6.07) is 0.141. The van der Waals surface area contributed by atoms with Crippen LogP contribution in [0, 0.1) is 5.92 Å². The largest absolute Gasteiger partial charge is 0.394 e. The molecule has 2 amide bonds. The fraction of sp³-hybridized carbons (Fsp3) is 0.938. The van der Waals surface area contributed by atoms with Crippen LogP contribution >= 0.6 is 0 Å². The van der Waals surface area contributed by atoms with Gasteiger partial charge in [-0.15, -0.1) is 0 Å². The van der Waals surface area contributed by atoms with Gasteiger partial charge in [0.25, 0.3) is 0 Å². The number of nitrogens with one attached hydrogen (secondary N) is 1. The lowest BCUT2D eigenvalue weighted by molar-refractivity contribution is 0.139. The summed E-state index contributed by atoms with van der Waals surface area (Å²) in [6.45, 7) is 9.24. The Kier molecular flexibility index (Phi) is 8.04. The normalized spacial score (nSPS) is 19.9. The van der Waals surface area contributed by atoms with Gasteiger partial charge in [-0.1, -0.05) is 26.7 Å². The van der Waals surface area contributed by atoms with Crippen LogP contribution in [0.3, 0.4) is 0 Å². The molecule has 0 radical (unpaired) electrons. The molecule has 0 aromatic carbocycles. The Balaban J connectivity index is 2.52. The number of hydrogen-bond acceptors (Lipinski definition) is 3. The molecule has 1 fully saturated rings. The van der Waals surface area contributed by atoms with Crippen molar-refractivity contribution in [1.82, 2.24) is 15.1 Å². The molecule has 1 rings (SSSR count). The zero-order valence-electron chi connectivity index (χ0n) is 14.1. The van der Waals surface area contributed by atoms with Crippen LogP contribution in [-0.4, -0.2) is 66.3 Å². The summed E-state index contributed by atoms with van der Waals surface area (Å²) in [5.41, 5.74) is 0. The molecule has 1 aliphatic rings. The Morgan fingerprint density at radius 1 is 1.19 bits per heavy atom. The number of carbonyl (C=O) groups excluding carboxylic acids is 1. The van der Waals surface area contributed by atoms with E-state index < -0.39 is 0 Å². The van der Waals surface area contributed by atoms with E-state index in [1.165, 1.54) is 25.7 Å². The number of hydrogen-bond donors (Lipinski definition) is 2. The van der Waals surface area contributed by atoms with E-state index in [2.05, 4.69) is 24.1 Å². The molecule has 124 valence electrons. The van der Waals surface area contributed by atoms with Gasteiger partial charge in [0.1, 0.15) is 0 Å². The average Bonchev–Trinajstić information content (AvgIpc) is 2.74. The van der Waals surface area contributed by atoms with Gasteiger partial charge in [-0.3, -0.25) is 4.90 Å². The maximum atomic E-state index is 12.1. The molecule has 0 aliphatic carbocycles. The second kappa shape index (κ2) is 9.26. The quantitative estimate of drug-likeness (QED) is 0.788. The number of urea groups is 1. The lowest BCUT2D eigenvalue weighted by atomic mass is 10.0. The molecular weight excluding hydrogens is 266 g/mol. The van der Waals surface area contributed by atoms with E-state index in [1.54, 1.807) is 11.9 Å². The van der Waals surface area contributed by atoms with Crippen molar-refractivity contribution in [3.8, 4) is 0 Å². The van der Waals surface area contributed by atoms with E-state index in [-0.39, 0.29) is 18.7 Å². The number of rotatable bonds is 6. The van der Waals surface area contributed by atoms with Gasteiger partial charge in [-0.25, -0.2) is 4.79 Å². The predicted octanol–water partition coefficient (Wildman–Crippen LogP) is 1.91. The summed E-state index contributed by atoms with van der Waals surface area (Å²) >= 11 is 0. The van der Waals surface area contributed by atoms with Crippen LogP contribution in [0.25, 0.3) is 0 Å². The Morgan fingerprint density at radius 2 is 1.76 bits per heavy atom. The highest BCUT2D eigenvalue weighted by Gasteiger charge is 2.24. The van der Waals surface area contributed by atoms with E-state index in [9.17, 15) is 4.79 Å². The van der Waals surface area contributed by atoms with Crippen molar-refractivity contribution in [3.63, 3.8) is 0 Å². The van der Waals surface area contributed by atoms with Crippen molar-refractivity contribution in [3.05, 3.63) is 0 Å². The summed E-state index contributed by atoms with van der Waals surface area (Å²) < 4.78 is 0. The molecule has 0 aromatic rings. The zero-order chi connectivity index (χ0) is 15.8. The van der Waals surface area contributed by atoms with Crippen molar-refractivity contribution in [2.24, 2.45) is 5.92 Å². The van der Waals surface area contributed by atoms with Gasteiger partial charge in [0, 0.05) is 19.6 Å². The Hall–Kier alpha value is -0.810. The van der Waals surface area contributed by atoms with E-state index in [1.807, 2.05) is 6.92 Å². The second-order valence-corrected chi connectivity index (χ2v) is 6.59. The van der Waals surface area contributed by atoms with Crippen LogP contribution in [0.15, 0.2) is 0 Å². The molecule has 0 aromatic heterocycles. The maximum Gasteiger partial charge on any atom is 0.317 e. The van der Waals surface area contributed by atoms with Crippen LogP contribution in [0.4, 0.5) is 4.79 Å². The van der Waals surface area contributed by atoms with E-state index in [4.69, 9.17) is 5.11 Å². The van der Waals surface area contributed by atoms with Gasteiger partial charge in [0.05, 0.1) is 12.6 Å². The summed E-state index contributed by atoms with van der Waals surface area (Å²) in [6.07, 6.45) is 5.17. The van der Waals surface area contributed by atoms with Gasteiger partial charge < -0.3 is 15.3 Å². The minimum absolute atomic E-state index is 0.0103. The first-order valence-corrected chi connectivity index (χ1v) is 8.33. The molecule has 2 unspecified atom stereocenters. The molecular formula is C16H33N3O2. The molecule has 0 saturated carbocycles. The number of likely N-dealkylation sites (N-methyl/N-ethyl adjacent to an activating group) is 1. The van der Waals surface area contributed by atoms with E-state index in [0.717, 1.165) is 13.1 Å². The Morgan fingerprint density at radius 3 is 2.24 bits per heavy atom. The van der Waals surface area contributed by atoms with Crippen molar-refractivity contribution in [2.75, 3.05) is 33.3 Å². The lowest BCUT2D eigenvalue weighted by Crippen LogP contribution is -2.51. The van der Waals surface area contributed by atoms with E-state index >= 15 is 0 Å². The summed E-state index contributed by atoms with van der Waals surface area (Å²) in [4.78, 5) is 16.2. The van der Waals surface area contributed by atoms with Gasteiger partial charge >= 0.3 is 6.03 Å². The zero-order valence-corrected chi connectivity index (χ0v) is 14.1. The van der Waals surface area contributed by atoms with Crippen molar-refractivity contribution < 1.29 is 9.90 Å². The lowest BCUT2D eigenvalue weighted by Gasteiger charge is -2.34. The summed E-state index contributed by atoms with van der Waals surface area (Å²) in [5.74, 6) is 0.518. The first-order valence-electron chi connectivity index (χ1n) is 8.33. The molecule has 2 atom stereocenters. The highest BCUT2D eigenvalue weighted by atomic mass is 16.3. The maximum absolute atomic E-state index is 12.1. The number of aliphatic hydroxyl groups is 1. The second-order valence-electron chi connectivity index (χ2n) is 6.59. The average molecular weight is 299 g/mol. The molecule has 1 heterocycles. The molecule has 5 nitrogen and oxygen atoms in total. The van der Waals surface area contributed by atoms with Gasteiger partial charge in [0.15, 0.2) is 0 Å². The Bertz CT molecular complexity index is 302. The Labute approximate surface area is 129 Å². The fourth-order valence-corrected chi connectivity index (χ4v) is 2.85. The standard InChI is InChI=1S/C16H33N3O2/c1-13(2)15(19-9-7-5-6-8-10-19)11-17-16(21)18(4)14(3)12-20/h13-15,20H,5-12H2,1-4H3,(H,17,21). The van der Waals surface area contributed by atoms with Gasteiger partial charge in [-0.2, -0.15) is 0 Å². The molecule has 1 aliphatic heterocycles. The van der Waals surface area contributed by atoms with Crippen molar-refractivity contribution in [2.45, 2.75) is 58.5 Å². The smallest absolute Gasteiger partial charge is 0.317 e. The fourth-order valence-electron chi connectivity index (χ4n) is 2.85. The topological polar surface area (TPSA) is 55.8 Å². The highest BCUT2D eigenvalue weighted by Crippen LogP contribution is 2.17. The summed E-state index contributed by atoms with van der Waals surface area (Å²) in [5, 5.41) is 12.2. The van der Waals surface area contributed by atoms with Crippen LogP contribution < -0.4 is 5.32 Å². The van der Waals surface area contributed by atoms with Crippen molar-refractivity contribution in [1.29, 1.82) is 0 Å². The monoisotopic (exact) mass is 299 g/mol. The minimum atomic E-state index is -0.152. The van der Waals surface area contributed by atoms with Gasteiger partial charge in [0.2, 0.25) is 0 Å². The molecule has 2 N–H and O–H groups in total. The molecule has 1 saturated heterocycles. The third-order valence-electron chi connectivity index (χ3n) is 4.59. The number of amides is 2. The number of likely N-dealkylation sites (tertiary alicyclic amines) is 1. The van der Waals surface area contributed by atoms with E-state index in [0.29, 0.717) is 18.5 Å². The molecule has 0 spiro atoms. The number of carbonyl (C=O) groups is 1. The van der Waals surface area contributed by atoms with Crippen LogP contribution in [0.5, 0.6) is 0 Å². The van der Waals surface area contributed by atoms with Crippen LogP contribution in [0.1, 0.15) is 46.5 Å². The number of nitrogens with zero attached hydrogens (tertiary/aromatic N) is 2. The summed E-state index contributed by atoms with van der Waals surface area (Å²) in [7, 11) is 1.73. The SMILES string of the molecule is CC(C)C(CNC(=O)N(C)C(C)CO)N1CCCCCC1. The predicted molar refractivity (Wildman–Crippen MR) is 86.4 cm³/mol. The number of aliphatic hydroxyl groups excluding tert-OH is 1. The highest BCUT2D eigenvalue weighted by molar-refractivity contribution is 5.74. The minimum Gasteiger partial charge on any atom is -0.394 e. The first kappa shape index (κ1) is 18.2. The third kappa shape index (κ3) is 5.83. The molecule has 0 bridgehead atoms. The van der Waals surface area contributed by atoms with Crippen LogP contribution in [-0.2, 0) is 0 Å². The van der Waals surface area contributed by atoms with Gasteiger partial charge in [-0.05, 0) is 38.8 Å².